The zero-order valence-electron chi connectivity index (χ0n) is 6.73. The van der Waals surface area contributed by atoms with Gasteiger partial charge in [-0.1, -0.05) is 30.3 Å². The van der Waals surface area contributed by atoms with Crippen molar-refractivity contribution in [3.8, 4) is 0 Å². The van der Waals surface area contributed by atoms with Gasteiger partial charge < -0.3 is 15.0 Å². The van der Waals surface area contributed by atoms with Gasteiger partial charge in [-0.25, -0.2) is 0 Å². The molecule has 0 aromatic heterocycles. The Morgan fingerprint density at radius 1 is 1.33 bits per heavy atom. The zero-order valence-corrected chi connectivity index (χ0v) is 8.73. The quantitative estimate of drug-likeness (QED) is 0.473. The fraction of sp³-hybridized carbons (Fsp3) is 0.125. The van der Waals surface area contributed by atoms with Gasteiger partial charge in [-0.3, -0.25) is 0 Å². The van der Waals surface area contributed by atoms with Crippen molar-refractivity contribution in [1.82, 2.24) is 0 Å². The molecule has 1 aromatic rings. The zero-order chi connectivity index (χ0) is 8.27. The van der Waals surface area contributed by atoms with E-state index in [0.717, 1.165) is 0 Å². The Kier molecular flexibility index (Phi) is 5.17. The smallest absolute Gasteiger partial charge is 0.547 e. The van der Waals surface area contributed by atoms with Crippen molar-refractivity contribution in [2.45, 2.75) is 6.10 Å². The number of hydrogen-bond acceptors (Lipinski definition) is 3. The van der Waals surface area contributed by atoms with Crippen LogP contribution in [0, 0.1) is 0 Å². The van der Waals surface area contributed by atoms with Gasteiger partial charge >= 0.3 is 29.6 Å². The second-order valence-electron chi connectivity index (χ2n) is 2.13. The molecule has 0 saturated carbocycles. The first-order chi connectivity index (χ1) is 5.22. The van der Waals surface area contributed by atoms with Gasteiger partial charge in [0.25, 0.3) is 0 Å². The van der Waals surface area contributed by atoms with Crippen molar-refractivity contribution in [1.29, 1.82) is 0 Å². The summed E-state index contributed by atoms with van der Waals surface area (Å²) in [6.45, 7) is 0. The van der Waals surface area contributed by atoms with Gasteiger partial charge in [-0.15, -0.1) is 0 Å². The number of benzene rings is 1. The van der Waals surface area contributed by atoms with Gasteiger partial charge in [-0.05, 0) is 5.56 Å². The first kappa shape index (κ1) is 11.6. The van der Waals surface area contributed by atoms with Crippen molar-refractivity contribution < 1.29 is 44.6 Å². The van der Waals surface area contributed by atoms with E-state index in [-0.39, 0.29) is 29.6 Å². The summed E-state index contributed by atoms with van der Waals surface area (Å²) in [7, 11) is 0. The first-order valence-electron chi connectivity index (χ1n) is 3.15. The minimum Gasteiger partial charge on any atom is -0.547 e. The summed E-state index contributed by atoms with van der Waals surface area (Å²) >= 11 is 0. The van der Waals surface area contributed by atoms with Crippen molar-refractivity contribution in [2.24, 2.45) is 0 Å². The summed E-state index contributed by atoms with van der Waals surface area (Å²) in [6.07, 6.45) is -1.52. The molecule has 12 heavy (non-hydrogen) atoms. The Morgan fingerprint density at radius 3 is 2.25 bits per heavy atom. The van der Waals surface area contributed by atoms with Gasteiger partial charge in [0.1, 0.15) is 6.10 Å². The van der Waals surface area contributed by atoms with E-state index in [1.165, 1.54) is 12.1 Å². The Hall–Kier alpha value is -0.350. The van der Waals surface area contributed by atoms with Crippen LogP contribution in [0.5, 0.6) is 0 Å². The molecule has 0 fully saturated rings. The number of carbonyl (C=O) groups excluding carboxylic acids is 1. The molecule has 0 aliphatic heterocycles. The van der Waals surface area contributed by atoms with Crippen LogP contribution in [0.2, 0.25) is 0 Å². The molecule has 0 unspecified atom stereocenters. The molecule has 1 N–H and O–H groups in total. The molecule has 0 heterocycles. The van der Waals surface area contributed by atoms with E-state index in [0.29, 0.717) is 5.56 Å². The number of carboxylic acid groups (broad SMARTS) is 1. The van der Waals surface area contributed by atoms with Crippen molar-refractivity contribution in [3.05, 3.63) is 35.9 Å². The molecule has 0 aliphatic rings. The van der Waals surface area contributed by atoms with Crippen LogP contribution in [0.25, 0.3) is 0 Å². The summed E-state index contributed by atoms with van der Waals surface area (Å²) < 4.78 is 0. The van der Waals surface area contributed by atoms with E-state index >= 15 is 0 Å². The first-order valence-corrected chi connectivity index (χ1v) is 3.15. The Morgan fingerprint density at radius 2 is 1.83 bits per heavy atom. The van der Waals surface area contributed by atoms with Crippen LogP contribution in [0.3, 0.4) is 0 Å². The topological polar surface area (TPSA) is 60.4 Å². The van der Waals surface area contributed by atoms with Gasteiger partial charge in [0, 0.05) is 0 Å². The van der Waals surface area contributed by atoms with Gasteiger partial charge in [0.2, 0.25) is 0 Å². The van der Waals surface area contributed by atoms with Crippen molar-refractivity contribution in [3.63, 3.8) is 0 Å². The maximum Gasteiger partial charge on any atom is 1.00 e. The predicted octanol–water partition coefficient (Wildman–Crippen LogP) is -3.53. The maximum absolute atomic E-state index is 10.1. The largest absolute Gasteiger partial charge is 1.00 e. The average Bonchev–Trinajstić information content (AvgIpc) is 2.05. The molecule has 58 valence electrons. The summed E-state index contributed by atoms with van der Waals surface area (Å²) in [4.78, 5) is 10.1. The number of rotatable bonds is 2. The van der Waals surface area contributed by atoms with Crippen molar-refractivity contribution in [2.75, 3.05) is 0 Å². The van der Waals surface area contributed by atoms with E-state index in [2.05, 4.69) is 0 Å². The Bertz CT molecular complexity index is 248. The molecule has 3 nitrogen and oxygen atoms in total. The molecule has 0 radical (unpaired) electrons. The summed E-state index contributed by atoms with van der Waals surface area (Å²) in [5.41, 5.74) is 0.340. The van der Waals surface area contributed by atoms with E-state index in [1.807, 2.05) is 0 Å². The van der Waals surface area contributed by atoms with E-state index < -0.39 is 12.1 Å². The number of hydrogen-bond donors (Lipinski definition) is 1. The van der Waals surface area contributed by atoms with Crippen LogP contribution in [-0.2, 0) is 4.79 Å². The molecule has 0 amide bonds. The molecule has 0 saturated heterocycles. The SMILES string of the molecule is O=C([O-])[C@H](O)c1ccccc1.[Na+]. The fourth-order valence-corrected chi connectivity index (χ4v) is 0.771. The minimum atomic E-state index is -1.52. The molecule has 1 atom stereocenters. The summed E-state index contributed by atoms with van der Waals surface area (Å²) in [6, 6.07) is 8.11. The number of carbonyl (C=O) groups is 1. The molecular formula is C8H7NaO3. The number of aliphatic hydroxyl groups is 1. The molecule has 1 aromatic carbocycles. The third-order valence-corrected chi connectivity index (χ3v) is 1.34. The number of aliphatic hydroxyl groups excluding tert-OH is 1. The second-order valence-corrected chi connectivity index (χ2v) is 2.13. The van der Waals surface area contributed by atoms with Crippen LogP contribution in [0.1, 0.15) is 11.7 Å². The predicted molar refractivity (Wildman–Crippen MR) is 36.4 cm³/mol. The number of aliphatic carboxylic acids is 1. The van der Waals surface area contributed by atoms with Crippen molar-refractivity contribution >= 4 is 5.97 Å². The molecule has 1 rings (SSSR count). The molecule has 0 spiro atoms. The summed E-state index contributed by atoms with van der Waals surface area (Å²) in [5.74, 6) is -1.48. The third kappa shape index (κ3) is 2.95. The normalized spacial score (nSPS) is 11.4. The van der Waals surface area contributed by atoms with E-state index in [4.69, 9.17) is 5.11 Å². The minimum absolute atomic E-state index is 0. The standard InChI is InChI=1S/C8H8O3.Na/c9-7(8(10)11)6-4-2-1-3-5-6;/h1-5,7,9H,(H,10,11);/q;+1/p-1/t7-;/m1./s1. The van der Waals surface area contributed by atoms with Gasteiger partial charge in [0.05, 0.1) is 5.97 Å². The van der Waals surface area contributed by atoms with Gasteiger partial charge in [-0.2, -0.15) is 0 Å². The van der Waals surface area contributed by atoms with E-state index in [9.17, 15) is 9.90 Å². The van der Waals surface area contributed by atoms with Crippen LogP contribution in [0.15, 0.2) is 30.3 Å². The van der Waals surface area contributed by atoms with E-state index in [1.54, 1.807) is 18.2 Å². The third-order valence-electron chi connectivity index (χ3n) is 1.34. The van der Waals surface area contributed by atoms with Crippen LogP contribution >= 0.6 is 0 Å². The molecule has 0 aliphatic carbocycles. The van der Waals surface area contributed by atoms with Crippen LogP contribution < -0.4 is 34.7 Å². The summed E-state index contributed by atoms with van der Waals surface area (Å²) in [5, 5.41) is 19.1. The number of carboxylic acids is 1. The van der Waals surface area contributed by atoms with Crippen LogP contribution in [0.4, 0.5) is 0 Å². The average molecular weight is 174 g/mol. The molecule has 0 bridgehead atoms. The molecular weight excluding hydrogens is 167 g/mol. The van der Waals surface area contributed by atoms with Gasteiger partial charge in [0.15, 0.2) is 0 Å². The molecule has 4 heteroatoms. The Balaban J connectivity index is 0.00000121. The van der Waals surface area contributed by atoms with Crippen LogP contribution in [-0.4, -0.2) is 11.1 Å². The second kappa shape index (κ2) is 5.32. The Labute approximate surface area is 92.3 Å². The fourth-order valence-electron chi connectivity index (χ4n) is 0.771. The monoisotopic (exact) mass is 174 g/mol. The maximum atomic E-state index is 10.1.